The van der Waals surface area contributed by atoms with Crippen molar-refractivity contribution in [2.24, 2.45) is 0 Å². The second-order valence-electron chi connectivity index (χ2n) is 6.56. The second kappa shape index (κ2) is 7.40. The first kappa shape index (κ1) is 18.1. The molecule has 1 unspecified atom stereocenters. The molecule has 0 aliphatic carbocycles. The third kappa shape index (κ3) is 3.23. The molecule has 2 N–H and O–H groups in total. The number of ether oxygens (including phenoxy) is 1. The summed E-state index contributed by atoms with van der Waals surface area (Å²) in [5.41, 5.74) is 2.83. The molecule has 1 aromatic heterocycles. The fourth-order valence-electron chi connectivity index (χ4n) is 3.48. The van der Waals surface area contributed by atoms with Crippen LogP contribution in [0.1, 0.15) is 22.0 Å². The van der Waals surface area contributed by atoms with Crippen LogP contribution < -0.4 is 10.1 Å². The normalized spacial score (nSPS) is 15.6. The second-order valence-corrected chi connectivity index (χ2v) is 7.54. The highest BCUT2D eigenvalue weighted by Crippen LogP contribution is 2.44. The number of carbonyl (C=O) groups is 1. The summed E-state index contributed by atoms with van der Waals surface area (Å²) in [7, 11) is 3.47. The van der Waals surface area contributed by atoms with E-state index in [0.717, 1.165) is 16.1 Å². The Labute approximate surface area is 167 Å². The Kier molecular flexibility index (Phi) is 4.79. The predicted molar refractivity (Wildman–Crippen MR) is 112 cm³/mol. The lowest BCUT2D eigenvalue weighted by atomic mass is 9.89. The largest absolute Gasteiger partial charge is 0.504 e. The molecule has 0 radical (unpaired) electrons. The average molecular weight is 392 g/mol. The standard InChI is InChI=1S/C22H20N2O3S/c1-24-13-17(22(26)23-14-7-4-3-5-8-14)15-11-18(25)19(27-2)12-16(15)21(24)20-9-6-10-28-20/h3-13,21,25H,1-2H3,(H,23,26). The van der Waals surface area contributed by atoms with Gasteiger partial charge in [-0.15, -0.1) is 11.3 Å². The number of hydrogen-bond acceptors (Lipinski definition) is 5. The minimum atomic E-state index is -0.228. The maximum Gasteiger partial charge on any atom is 0.257 e. The van der Waals surface area contributed by atoms with Crippen molar-refractivity contribution < 1.29 is 14.6 Å². The van der Waals surface area contributed by atoms with Gasteiger partial charge in [0.05, 0.1) is 18.7 Å². The van der Waals surface area contributed by atoms with E-state index in [0.29, 0.717) is 16.9 Å². The van der Waals surface area contributed by atoms with Crippen molar-refractivity contribution in [3.8, 4) is 11.5 Å². The lowest BCUT2D eigenvalue weighted by molar-refractivity contribution is -0.111. The summed E-state index contributed by atoms with van der Waals surface area (Å²) in [6.07, 6.45) is 1.83. The molecule has 0 fully saturated rings. The lowest BCUT2D eigenvalue weighted by Crippen LogP contribution is -2.28. The van der Waals surface area contributed by atoms with Crippen LogP contribution in [-0.2, 0) is 4.79 Å². The quantitative estimate of drug-likeness (QED) is 0.687. The molecule has 5 nitrogen and oxygen atoms in total. The zero-order chi connectivity index (χ0) is 19.7. The molecule has 0 spiro atoms. The van der Waals surface area contributed by atoms with Crippen LogP contribution in [-0.4, -0.2) is 30.1 Å². The van der Waals surface area contributed by atoms with E-state index in [-0.39, 0.29) is 17.7 Å². The Morgan fingerprint density at radius 2 is 1.96 bits per heavy atom. The molecular formula is C22H20N2O3S. The molecule has 142 valence electrons. The van der Waals surface area contributed by atoms with Gasteiger partial charge in [-0.25, -0.2) is 0 Å². The number of phenolic OH excluding ortho intramolecular Hbond substituents is 1. The van der Waals surface area contributed by atoms with Gasteiger partial charge in [0.2, 0.25) is 0 Å². The fourth-order valence-corrected chi connectivity index (χ4v) is 4.37. The van der Waals surface area contributed by atoms with E-state index in [4.69, 9.17) is 4.74 Å². The number of nitrogens with one attached hydrogen (secondary N) is 1. The number of aromatic hydroxyl groups is 1. The monoisotopic (exact) mass is 392 g/mol. The molecule has 1 atom stereocenters. The zero-order valence-electron chi connectivity index (χ0n) is 15.5. The van der Waals surface area contributed by atoms with E-state index in [1.54, 1.807) is 17.4 Å². The first-order valence-electron chi connectivity index (χ1n) is 8.83. The molecule has 28 heavy (non-hydrogen) atoms. The van der Waals surface area contributed by atoms with E-state index in [1.165, 1.54) is 7.11 Å². The van der Waals surface area contributed by atoms with Crippen molar-refractivity contribution >= 4 is 28.5 Å². The summed E-state index contributed by atoms with van der Waals surface area (Å²) in [4.78, 5) is 16.2. The Bertz CT molecular complexity index is 1030. The van der Waals surface area contributed by atoms with Crippen molar-refractivity contribution in [3.63, 3.8) is 0 Å². The van der Waals surface area contributed by atoms with E-state index in [9.17, 15) is 9.90 Å². The molecular weight excluding hydrogens is 372 g/mol. The molecule has 6 heteroatoms. The minimum absolute atomic E-state index is 0.00847. The van der Waals surface area contributed by atoms with Crippen LogP contribution in [0.2, 0.25) is 0 Å². The summed E-state index contributed by atoms with van der Waals surface area (Å²) in [6, 6.07) is 16.8. The number of para-hydroxylation sites is 1. The summed E-state index contributed by atoms with van der Waals surface area (Å²) >= 11 is 1.65. The zero-order valence-corrected chi connectivity index (χ0v) is 16.4. The third-order valence-electron chi connectivity index (χ3n) is 4.76. The Hall–Kier alpha value is -3.25. The van der Waals surface area contributed by atoms with Gasteiger partial charge in [0.25, 0.3) is 5.91 Å². The number of carbonyl (C=O) groups excluding carboxylic acids is 1. The highest BCUT2D eigenvalue weighted by atomic mass is 32.1. The van der Waals surface area contributed by atoms with Crippen molar-refractivity contribution in [2.45, 2.75) is 6.04 Å². The number of phenols is 1. The smallest absolute Gasteiger partial charge is 0.257 e. The molecule has 0 bridgehead atoms. The van der Waals surface area contributed by atoms with Crippen LogP contribution >= 0.6 is 11.3 Å². The van der Waals surface area contributed by atoms with E-state index < -0.39 is 0 Å². The number of anilines is 1. The van der Waals surface area contributed by atoms with Crippen LogP contribution in [0, 0.1) is 0 Å². The van der Waals surface area contributed by atoms with Gasteiger partial charge in [0.15, 0.2) is 11.5 Å². The number of rotatable bonds is 4. The van der Waals surface area contributed by atoms with Crippen LogP contribution in [0.3, 0.4) is 0 Å². The average Bonchev–Trinajstić information content (AvgIpc) is 3.22. The van der Waals surface area contributed by atoms with Gasteiger partial charge < -0.3 is 20.1 Å². The summed E-state index contributed by atoms with van der Waals surface area (Å²) < 4.78 is 5.32. The van der Waals surface area contributed by atoms with Gasteiger partial charge in [-0.3, -0.25) is 4.79 Å². The Morgan fingerprint density at radius 1 is 1.18 bits per heavy atom. The maximum atomic E-state index is 13.0. The number of benzene rings is 2. The summed E-state index contributed by atoms with van der Waals surface area (Å²) in [5, 5.41) is 15.3. The number of fused-ring (bicyclic) bond motifs is 1. The first-order chi connectivity index (χ1) is 13.6. The van der Waals surface area contributed by atoms with Gasteiger partial charge in [-0.2, -0.15) is 0 Å². The van der Waals surface area contributed by atoms with Gasteiger partial charge in [-0.1, -0.05) is 24.3 Å². The summed E-state index contributed by atoms with van der Waals surface area (Å²) in [6.45, 7) is 0. The number of thiophene rings is 1. The van der Waals surface area contributed by atoms with Crippen LogP contribution in [0.15, 0.2) is 66.2 Å². The maximum absolute atomic E-state index is 13.0. The van der Waals surface area contributed by atoms with Crippen molar-refractivity contribution in [2.75, 3.05) is 19.5 Å². The van der Waals surface area contributed by atoms with Gasteiger partial charge in [0, 0.05) is 23.8 Å². The van der Waals surface area contributed by atoms with Crippen LogP contribution in [0.4, 0.5) is 5.69 Å². The predicted octanol–water partition coefficient (Wildman–Crippen LogP) is 4.48. The molecule has 3 aromatic rings. The molecule has 1 amide bonds. The van der Waals surface area contributed by atoms with Gasteiger partial charge >= 0.3 is 0 Å². The van der Waals surface area contributed by atoms with E-state index in [2.05, 4.69) is 11.4 Å². The minimum Gasteiger partial charge on any atom is -0.504 e. The molecule has 2 heterocycles. The molecule has 0 saturated carbocycles. The van der Waals surface area contributed by atoms with Gasteiger partial charge in [0.1, 0.15) is 0 Å². The van der Waals surface area contributed by atoms with Crippen molar-refractivity contribution in [1.82, 2.24) is 4.90 Å². The number of amides is 1. The fraction of sp³-hybridized carbons (Fsp3) is 0.136. The summed E-state index contributed by atoms with van der Waals surface area (Å²) in [5.74, 6) is 0.168. The highest BCUT2D eigenvalue weighted by molar-refractivity contribution is 7.10. The highest BCUT2D eigenvalue weighted by Gasteiger charge is 2.31. The lowest BCUT2D eigenvalue weighted by Gasteiger charge is -2.34. The van der Waals surface area contributed by atoms with E-state index in [1.807, 2.05) is 66.0 Å². The SMILES string of the molecule is COc1cc2c(cc1O)C(C(=O)Nc1ccccc1)=CN(C)C2c1cccs1. The van der Waals surface area contributed by atoms with Crippen LogP contribution in [0.5, 0.6) is 11.5 Å². The van der Waals surface area contributed by atoms with Crippen LogP contribution in [0.25, 0.3) is 5.57 Å². The topological polar surface area (TPSA) is 61.8 Å². The Morgan fingerprint density at radius 3 is 2.64 bits per heavy atom. The Balaban J connectivity index is 1.80. The molecule has 2 aromatic carbocycles. The van der Waals surface area contributed by atoms with Crippen molar-refractivity contribution in [3.05, 3.63) is 82.2 Å². The van der Waals surface area contributed by atoms with Gasteiger partial charge in [-0.05, 0) is 46.8 Å². The third-order valence-corrected chi connectivity index (χ3v) is 5.69. The molecule has 4 rings (SSSR count). The number of methoxy groups -OCH3 is 1. The molecule has 1 aliphatic rings. The van der Waals surface area contributed by atoms with E-state index >= 15 is 0 Å². The molecule has 1 aliphatic heterocycles. The van der Waals surface area contributed by atoms with Crippen molar-refractivity contribution in [1.29, 1.82) is 0 Å². The number of hydrogen-bond donors (Lipinski definition) is 2. The first-order valence-corrected chi connectivity index (χ1v) is 9.71. The molecule has 0 saturated heterocycles. The number of nitrogens with zero attached hydrogens (tertiary/aromatic N) is 1.